The lowest BCUT2D eigenvalue weighted by atomic mass is 9.93. The molecule has 1 rings (SSSR count). The van der Waals surface area contributed by atoms with Crippen LogP contribution in [0.3, 0.4) is 0 Å². The molecule has 0 aliphatic carbocycles. The fraction of sp³-hybridized carbons (Fsp3) is 0.533. The molecule has 0 bridgehead atoms. The first-order chi connectivity index (χ1) is 9.89. The highest BCUT2D eigenvalue weighted by Gasteiger charge is 2.28. The van der Waals surface area contributed by atoms with Crippen LogP contribution in [-0.2, 0) is 9.53 Å². The number of ether oxygens (including phenoxy) is 4. The molecule has 0 unspecified atom stereocenters. The average molecular weight is 297 g/mol. The number of benzene rings is 1. The van der Waals surface area contributed by atoms with Crippen LogP contribution in [0.15, 0.2) is 12.1 Å². The zero-order chi connectivity index (χ0) is 16.0. The molecule has 1 N–H and O–H groups in total. The van der Waals surface area contributed by atoms with Gasteiger partial charge < -0.3 is 24.3 Å². The van der Waals surface area contributed by atoms with E-state index in [2.05, 4.69) is 5.32 Å². The second-order valence-electron chi connectivity index (χ2n) is 5.14. The summed E-state index contributed by atoms with van der Waals surface area (Å²) in [6.07, 6.45) is 0. The van der Waals surface area contributed by atoms with Crippen molar-refractivity contribution in [2.45, 2.75) is 13.8 Å². The molecule has 0 aliphatic rings. The van der Waals surface area contributed by atoms with Crippen LogP contribution >= 0.6 is 0 Å². The van der Waals surface area contributed by atoms with Gasteiger partial charge in [-0.05, 0) is 13.8 Å². The first-order valence-corrected chi connectivity index (χ1v) is 6.52. The zero-order valence-electron chi connectivity index (χ0n) is 13.4. The van der Waals surface area contributed by atoms with Gasteiger partial charge in [-0.15, -0.1) is 0 Å². The quantitative estimate of drug-likeness (QED) is 0.779. The Morgan fingerprint density at radius 3 is 1.95 bits per heavy atom. The van der Waals surface area contributed by atoms with Gasteiger partial charge in [-0.3, -0.25) is 4.79 Å². The maximum absolute atomic E-state index is 11.7. The van der Waals surface area contributed by atoms with Crippen LogP contribution in [0.5, 0.6) is 17.2 Å². The van der Waals surface area contributed by atoms with Crippen molar-refractivity contribution in [2.24, 2.45) is 5.41 Å². The van der Waals surface area contributed by atoms with Gasteiger partial charge in [-0.2, -0.15) is 0 Å². The molecular formula is C15H23NO5. The van der Waals surface area contributed by atoms with Gasteiger partial charge in [-0.1, -0.05) is 0 Å². The van der Waals surface area contributed by atoms with Gasteiger partial charge in [0.1, 0.15) is 0 Å². The average Bonchev–Trinajstić information content (AvgIpc) is 2.50. The zero-order valence-corrected chi connectivity index (χ0v) is 13.4. The maximum Gasteiger partial charge on any atom is 0.313 e. The van der Waals surface area contributed by atoms with Crippen molar-refractivity contribution in [3.8, 4) is 17.2 Å². The summed E-state index contributed by atoms with van der Waals surface area (Å²) in [4.78, 5) is 11.7. The van der Waals surface area contributed by atoms with Crippen molar-refractivity contribution < 1.29 is 23.7 Å². The summed E-state index contributed by atoms with van der Waals surface area (Å²) in [5.74, 6) is 1.35. The second kappa shape index (κ2) is 7.06. The standard InChI is InChI=1S/C15H23NO5/c1-15(2,14(17)21-6)9-16-10-7-11(18-3)13(20-5)12(8-10)19-4/h7-8,16H,9H2,1-6H3. The lowest BCUT2D eigenvalue weighted by Gasteiger charge is -2.23. The van der Waals surface area contributed by atoms with Crippen LogP contribution < -0.4 is 19.5 Å². The SMILES string of the molecule is COC(=O)C(C)(C)CNc1cc(OC)c(OC)c(OC)c1. The summed E-state index contributed by atoms with van der Waals surface area (Å²) in [6, 6.07) is 3.57. The number of carbonyl (C=O) groups is 1. The van der Waals surface area contributed by atoms with Crippen LogP contribution in [0.2, 0.25) is 0 Å². The van der Waals surface area contributed by atoms with Gasteiger partial charge in [0, 0.05) is 24.4 Å². The molecule has 0 saturated heterocycles. The van der Waals surface area contributed by atoms with Crippen molar-refractivity contribution in [1.82, 2.24) is 0 Å². The van der Waals surface area contributed by atoms with E-state index in [0.717, 1.165) is 5.69 Å². The van der Waals surface area contributed by atoms with Crippen LogP contribution in [0, 0.1) is 5.41 Å². The van der Waals surface area contributed by atoms with Crippen LogP contribution in [-0.4, -0.2) is 41.0 Å². The number of anilines is 1. The first-order valence-electron chi connectivity index (χ1n) is 6.52. The summed E-state index contributed by atoms with van der Waals surface area (Å²) in [5, 5.41) is 3.18. The molecule has 1 aromatic carbocycles. The lowest BCUT2D eigenvalue weighted by Crippen LogP contribution is -2.33. The molecule has 0 aromatic heterocycles. The van der Waals surface area contributed by atoms with Gasteiger partial charge >= 0.3 is 5.97 Å². The van der Waals surface area contributed by atoms with Gasteiger partial charge in [0.05, 0.1) is 33.9 Å². The molecule has 0 spiro atoms. The third kappa shape index (κ3) is 3.93. The Bertz CT molecular complexity index is 474. The molecule has 1 aromatic rings. The van der Waals surface area contributed by atoms with Crippen molar-refractivity contribution in [3.05, 3.63) is 12.1 Å². The number of nitrogens with one attached hydrogen (secondary N) is 1. The molecule has 21 heavy (non-hydrogen) atoms. The Morgan fingerprint density at radius 1 is 1.05 bits per heavy atom. The highest BCUT2D eigenvalue weighted by atomic mass is 16.5. The normalized spacial score (nSPS) is 10.8. The van der Waals surface area contributed by atoms with E-state index in [1.165, 1.54) is 7.11 Å². The Balaban J connectivity index is 2.97. The Hall–Kier alpha value is -2.11. The number of esters is 1. The van der Waals surface area contributed by atoms with Crippen molar-refractivity contribution in [2.75, 3.05) is 40.3 Å². The number of hydrogen-bond acceptors (Lipinski definition) is 6. The molecule has 0 aliphatic heterocycles. The molecule has 0 amide bonds. The summed E-state index contributed by atoms with van der Waals surface area (Å²) < 4.78 is 20.6. The minimum atomic E-state index is -0.644. The summed E-state index contributed by atoms with van der Waals surface area (Å²) >= 11 is 0. The summed E-state index contributed by atoms with van der Waals surface area (Å²) in [6.45, 7) is 4.03. The molecule has 6 nitrogen and oxygen atoms in total. The van der Waals surface area contributed by atoms with E-state index >= 15 is 0 Å². The number of carbonyl (C=O) groups excluding carboxylic acids is 1. The minimum absolute atomic E-state index is 0.276. The van der Waals surface area contributed by atoms with E-state index in [1.807, 2.05) is 13.8 Å². The number of hydrogen-bond donors (Lipinski definition) is 1. The fourth-order valence-electron chi connectivity index (χ4n) is 1.85. The summed E-state index contributed by atoms with van der Waals surface area (Å²) in [5.41, 5.74) is 0.122. The number of rotatable bonds is 7. The molecule has 6 heteroatoms. The van der Waals surface area contributed by atoms with Gasteiger partial charge in [0.2, 0.25) is 5.75 Å². The Morgan fingerprint density at radius 2 is 1.57 bits per heavy atom. The third-order valence-electron chi connectivity index (χ3n) is 3.14. The van der Waals surface area contributed by atoms with E-state index in [4.69, 9.17) is 18.9 Å². The largest absolute Gasteiger partial charge is 0.493 e. The highest BCUT2D eigenvalue weighted by Crippen LogP contribution is 2.40. The smallest absolute Gasteiger partial charge is 0.313 e. The molecular weight excluding hydrogens is 274 g/mol. The van der Waals surface area contributed by atoms with E-state index < -0.39 is 5.41 Å². The topological polar surface area (TPSA) is 66.0 Å². The van der Waals surface area contributed by atoms with E-state index in [1.54, 1.807) is 33.5 Å². The van der Waals surface area contributed by atoms with Crippen LogP contribution in [0.4, 0.5) is 5.69 Å². The summed E-state index contributed by atoms with van der Waals surface area (Å²) in [7, 11) is 6.04. The second-order valence-corrected chi connectivity index (χ2v) is 5.14. The van der Waals surface area contributed by atoms with Crippen molar-refractivity contribution in [1.29, 1.82) is 0 Å². The first kappa shape index (κ1) is 16.9. The monoisotopic (exact) mass is 297 g/mol. The van der Waals surface area contributed by atoms with Gasteiger partial charge in [0.25, 0.3) is 0 Å². The Labute approximate surface area is 125 Å². The molecule has 0 fully saturated rings. The van der Waals surface area contributed by atoms with E-state index in [-0.39, 0.29) is 5.97 Å². The molecule has 0 saturated carbocycles. The fourth-order valence-corrected chi connectivity index (χ4v) is 1.85. The molecule has 0 heterocycles. The minimum Gasteiger partial charge on any atom is -0.493 e. The number of methoxy groups -OCH3 is 4. The van der Waals surface area contributed by atoms with E-state index in [0.29, 0.717) is 23.8 Å². The van der Waals surface area contributed by atoms with E-state index in [9.17, 15) is 4.79 Å². The van der Waals surface area contributed by atoms with Gasteiger partial charge in [-0.25, -0.2) is 0 Å². The molecule has 0 radical (unpaired) electrons. The molecule has 0 atom stereocenters. The van der Waals surface area contributed by atoms with Crippen LogP contribution in [0.1, 0.15) is 13.8 Å². The van der Waals surface area contributed by atoms with Crippen LogP contribution in [0.25, 0.3) is 0 Å². The predicted octanol–water partition coefficient (Wildman–Crippen LogP) is 2.32. The van der Waals surface area contributed by atoms with Gasteiger partial charge in [0.15, 0.2) is 11.5 Å². The van der Waals surface area contributed by atoms with Crippen molar-refractivity contribution in [3.63, 3.8) is 0 Å². The highest BCUT2D eigenvalue weighted by molar-refractivity contribution is 5.76. The Kier molecular flexibility index (Phi) is 5.69. The lowest BCUT2D eigenvalue weighted by molar-refractivity contribution is -0.149. The third-order valence-corrected chi connectivity index (χ3v) is 3.14. The molecule has 118 valence electrons. The predicted molar refractivity (Wildman–Crippen MR) is 80.4 cm³/mol. The maximum atomic E-state index is 11.7. The van der Waals surface area contributed by atoms with Crippen molar-refractivity contribution >= 4 is 11.7 Å².